The van der Waals surface area contributed by atoms with Crippen LogP contribution < -0.4 is 5.32 Å². The number of alkyl halides is 2. The minimum absolute atomic E-state index is 0.159. The smallest absolute Gasteiger partial charge is 0.353 e. The van der Waals surface area contributed by atoms with Gasteiger partial charge in [-0.15, -0.1) is 0 Å². The Labute approximate surface area is 171 Å². The van der Waals surface area contributed by atoms with Crippen LogP contribution in [0, 0.1) is 18.3 Å². The van der Waals surface area contributed by atoms with Crippen LogP contribution in [-0.2, 0) is 6.05 Å². The highest BCUT2D eigenvalue weighted by Gasteiger charge is 2.36. The minimum atomic E-state index is -3.56. The van der Waals surface area contributed by atoms with Gasteiger partial charge in [0.15, 0.2) is 0 Å². The van der Waals surface area contributed by atoms with E-state index in [1.807, 2.05) is 11.4 Å². The van der Waals surface area contributed by atoms with Crippen LogP contribution in [0.4, 0.5) is 8.78 Å². The molecule has 6 heteroatoms. The molecule has 0 fully saturated rings. The number of amides is 1. The fourth-order valence-electron chi connectivity index (χ4n) is 3.62. The molecule has 148 valence electrons. The standard InChI is InChI=1S/C24H17F2N3O/c1-15-18(19-11-10-17(14-27)22-20(19)12-13-28-22)8-5-9-21(15)24(25,26)29-23(30)16-6-3-2-4-7-16/h2-13,28H,1H3,(H,29,30). The van der Waals surface area contributed by atoms with Crippen molar-refractivity contribution in [1.29, 1.82) is 5.26 Å². The van der Waals surface area contributed by atoms with Gasteiger partial charge in [0.05, 0.1) is 11.1 Å². The van der Waals surface area contributed by atoms with Gasteiger partial charge in [-0.2, -0.15) is 14.0 Å². The van der Waals surface area contributed by atoms with Crippen LogP contribution in [-0.4, -0.2) is 10.9 Å². The second kappa shape index (κ2) is 7.45. The summed E-state index contributed by atoms with van der Waals surface area (Å²) in [5, 5.41) is 11.9. The summed E-state index contributed by atoms with van der Waals surface area (Å²) in [5.41, 5.74) is 2.70. The van der Waals surface area contributed by atoms with Gasteiger partial charge < -0.3 is 4.98 Å². The van der Waals surface area contributed by atoms with E-state index in [1.54, 1.807) is 49.5 Å². The lowest BCUT2D eigenvalue weighted by Crippen LogP contribution is -2.39. The third-order valence-corrected chi connectivity index (χ3v) is 5.11. The van der Waals surface area contributed by atoms with Crippen LogP contribution in [0.15, 0.2) is 72.9 Å². The molecule has 0 atom stereocenters. The molecule has 4 aromatic rings. The lowest BCUT2D eigenvalue weighted by Gasteiger charge is -2.22. The molecule has 30 heavy (non-hydrogen) atoms. The number of aromatic nitrogens is 1. The molecule has 1 heterocycles. The number of carbonyl (C=O) groups is 1. The topological polar surface area (TPSA) is 68.7 Å². The van der Waals surface area contributed by atoms with E-state index < -0.39 is 12.0 Å². The Morgan fingerprint density at radius 3 is 2.50 bits per heavy atom. The average molecular weight is 401 g/mol. The lowest BCUT2D eigenvalue weighted by molar-refractivity contribution is -0.0338. The van der Waals surface area contributed by atoms with Crippen molar-refractivity contribution in [2.24, 2.45) is 0 Å². The molecule has 0 radical (unpaired) electrons. The molecule has 0 aliphatic rings. The van der Waals surface area contributed by atoms with Crippen LogP contribution in [0.1, 0.15) is 27.0 Å². The molecule has 0 spiro atoms. The molecule has 0 saturated heterocycles. The molecular weight excluding hydrogens is 384 g/mol. The normalized spacial score (nSPS) is 11.3. The van der Waals surface area contributed by atoms with Crippen molar-refractivity contribution < 1.29 is 13.6 Å². The summed E-state index contributed by atoms with van der Waals surface area (Å²) in [6, 6.07) is 16.3. The van der Waals surface area contributed by atoms with Crippen LogP contribution in [0.25, 0.3) is 22.0 Å². The minimum Gasteiger partial charge on any atom is -0.360 e. The lowest BCUT2D eigenvalue weighted by atomic mass is 9.92. The summed E-state index contributed by atoms with van der Waals surface area (Å²) in [4.78, 5) is 15.3. The van der Waals surface area contributed by atoms with Crippen molar-refractivity contribution in [1.82, 2.24) is 10.3 Å². The van der Waals surface area contributed by atoms with Gasteiger partial charge in [-0.3, -0.25) is 10.1 Å². The van der Waals surface area contributed by atoms with E-state index in [1.165, 1.54) is 24.3 Å². The second-order valence-corrected chi connectivity index (χ2v) is 6.91. The predicted octanol–water partition coefficient (Wildman–Crippen LogP) is 5.49. The molecule has 0 bridgehead atoms. The number of nitriles is 1. The summed E-state index contributed by atoms with van der Waals surface area (Å²) in [7, 11) is 0. The Bertz CT molecular complexity index is 1290. The highest BCUT2D eigenvalue weighted by molar-refractivity contribution is 5.99. The van der Waals surface area contributed by atoms with Gasteiger partial charge in [0.25, 0.3) is 5.91 Å². The van der Waals surface area contributed by atoms with E-state index in [0.717, 1.165) is 10.9 Å². The van der Waals surface area contributed by atoms with Gasteiger partial charge in [-0.05, 0) is 47.9 Å². The first-order chi connectivity index (χ1) is 14.4. The number of halogens is 2. The van der Waals surface area contributed by atoms with E-state index in [9.17, 15) is 10.1 Å². The predicted molar refractivity (Wildman–Crippen MR) is 111 cm³/mol. The van der Waals surface area contributed by atoms with E-state index in [-0.39, 0.29) is 11.1 Å². The zero-order valence-corrected chi connectivity index (χ0v) is 16.0. The van der Waals surface area contributed by atoms with Gasteiger partial charge in [-0.1, -0.05) is 42.5 Å². The first-order valence-electron chi connectivity index (χ1n) is 9.28. The third kappa shape index (κ3) is 3.31. The number of nitrogens with one attached hydrogen (secondary N) is 2. The maximum atomic E-state index is 15.0. The number of hydrogen-bond acceptors (Lipinski definition) is 2. The van der Waals surface area contributed by atoms with Crippen molar-refractivity contribution in [3.63, 3.8) is 0 Å². The zero-order chi connectivity index (χ0) is 21.3. The highest BCUT2D eigenvalue weighted by atomic mass is 19.3. The molecule has 0 saturated carbocycles. The number of carbonyl (C=O) groups excluding carboxylic acids is 1. The number of aromatic amines is 1. The molecule has 4 rings (SSSR count). The van der Waals surface area contributed by atoms with Gasteiger partial charge in [0, 0.05) is 22.7 Å². The first kappa shape index (κ1) is 19.3. The summed E-state index contributed by atoms with van der Waals surface area (Å²) >= 11 is 0. The quantitative estimate of drug-likeness (QED) is 0.444. The van der Waals surface area contributed by atoms with Crippen molar-refractivity contribution >= 4 is 16.8 Å². The number of fused-ring (bicyclic) bond motifs is 1. The van der Waals surface area contributed by atoms with E-state index >= 15 is 8.78 Å². The second-order valence-electron chi connectivity index (χ2n) is 6.91. The maximum absolute atomic E-state index is 15.0. The van der Waals surface area contributed by atoms with Gasteiger partial charge >= 0.3 is 6.05 Å². The maximum Gasteiger partial charge on any atom is 0.353 e. The number of hydrogen-bond donors (Lipinski definition) is 2. The first-order valence-corrected chi connectivity index (χ1v) is 9.28. The van der Waals surface area contributed by atoms with Crippen LogP contribution in [0.5, 0.6) is 0 Å². The largest absolute Gasteiger partial charge is 0.360 e. The Kier molecular flexibility index (Phi) is 4.80. The monoisotopic (exact) mass is 401 g/mol. The van der Waals surface area contributed by atoms with Gasteiger partial charge in [0.1, 0.15) is 6.07 Å². The zero-order valence-electron chi connectivity index (χ0n) is 16.0. The van der Waals surface area contributed by atoms with Crippen molar-refractivity contribution in [2.75, 3.05) is 0 Å². The summed E-state index contributed by atoms with van der Waals surface area (Å²) < 4.78 is 30.1. The SMILES string of the molecule is Cc1c(-c2ccc(C#N)c3[nH]ccc23)cccc1C(F)(F)NC(=O)c1ccccc1. The van der Waals surface area contributed by atoms with Crippen molar-refractivity contribution in [2.45, 2.75) is 13.0 Å². The molecule has 2 N–H and O–H groups in total. The van der Waals surface area contributed by atoms with E-state index in [4.69, 9.17) is 0 Å². The van der Waals surface area contributed by atoms with E-state index in [2.05, 4.69) is 11.1 Å². The van der Waals surface area contributed by atoms with Crippen molar-refractivity contribution in [3.05, 3.63) is 95.2 Å². The van der Waals surface area contributed by atoms with Gasteiger partial charge in [-0.25, -0.2) is 0 Å². The highest BCUT2D eigenvalue weighted by Crippen LogP contribution is 2.37. The van der Waals surface area contributed by atoms with Crippen LogP contribution >= 0.6 is 0 Å². The van der Waals surface area contributed by atoms with Crippen molar-refractivity contribution in [3.8, 4) is 17.2 Å². The Morgan fingerprint density at radius 1 is 1.00 bits per heavy atom. The van der Waals surface area contributed by atoms with Crippen LogP contribution in [0.3, 0.4) is 0 Å². The molecule has 3 aromatic carbocycles. The van der Waals surface area contributed by atoms with Crippen LogP contribution in [0.2, 0.25) is 0 Å². The molecule has 1 aromatic heterocycles. The molecule has 0 aliphatic heterocycles. The Morgan fingerprint density at radius 2 is 1.77 bits per heavy atom. The fraction of sp³-hybridized carbons (Fsp3) is 0.0833. The molecule has 0 unspecified atom stereocenters. The Balaban J connectivity index is 1.76. The van der Waals surface area contributed by atoms with Gasteiger partial charge in [0.2, 0.25) is 0 Å². The molecular formula is C24H17F2N3O. The number of benzene rings is 3. The molecule has 0 aliphatic carbocycles. The van der Waals surface area contributed by atoms with E-state index in [0.29, 0.717) is 22.2 Å². The average Bonchev–Trinajstić information content (AvgIpc) is 3.24. The number of rotatable bonds is 4. The third-order valence-electron chi connectivity index (χ3n) is 5.11. The molecule has 1 amide bonds. The fourth-order valence-corrected chi connectivity index (χ4v) is 3.62. The molecule has 4 nitrogen and oxygen atoms in total. The number of nitrogens with zero attached hydrogens (tertiary/aromatic N) is 1. The summed E-state index contributed by atoms with van der Waals surface area (Å²) in [5.74, 6) is -0.850. The summed E-state index contributed by atoms with van der Waals surface area (Å²) in [6.07, 6.45) is 1.71. The summed E-state index contributed by atoms with van der Waals surface area (Å²) in [6.45, 7) is 1.60. The number of H-pyrrole nitrogens is 1. The Hall–Kier alpha value is -3.98.